The number of aromatic nitrogens is 1. The number of hydrogen-bond acceptors (Lipinski definition) is 5. The van der Waals surface area contributed by atoms with E-state index in [1.54, 1.807) is 39.3 Å². The molecule has 0 aliphatic heterocycles. The van der Waals surface area contributed by atoms with Crippen molar-refractivity contribution in [3.8, 4) is 11.5 Å². The third-order valence-corrected chi connectivity index (χ3v) is 3.30. The Morgan fingerprint density at radius 1 is 1.27 bits per heavy atom. The molecule has 2 aromatic rings. The third-order valence-electron chi connectivity index (χ3n) is 3.30. The number of benzene rings is 1. The molecule has 1 heterocycles. The highest BCUT2D eigenvalue weighted by Crippen LogP contribution is 2.30. The molecule has 118 valence electrons. The first-order valence-electron chi connectivity index (χ1n) is 6.97. The van der Waals surface area contributed by atoms with Crippen molar-refractivity contribution in [2.24, 2.45) is 0 Å². The largest absolute Gasteiger partial charge is 0.497 e. The second kappa shape index (κ2) is 6.51. The zero-order valence-corrected chi connectivity index (χ0v) is 13.4. The average molecular weight is 304 g/mol. The maximum absolute atomic E-state index is 12.6. The van der Waals surface area contributed by atoms with Crippen molar-refractivity contribution in [3.63, 3.8) is 0 Å². The first-order chi connectivity index (χ1) is 10.5. The zero-order valence-electron chi connectivity index (χ0n) is 13.4. The summed E-state index contributed by atoms with van der Waals surface area (Å²) in [6.07, 6.45) is 0. The van der Waals surface area contributed by atoms with Gasteiger partial charge < -0.3 is 19.3 Å². The van der Waals surface area contributed by atoms with Crippen molar-refractivity contribution < 1.29 is 18.8 Å². The number of ether oxygens (including phenoxy) is 2. The van der Waals surface area contributed by atoms with Crippen LogP contribution in [-0.4, -0.2) is 25.3 Å². The second-order valence-corrected chi connectivity index (χ2v) is 5.18. The van der Waals surface area contributed by atoms with Crippen LogP contribution in [-0.2, 0) is 0 Å². The number of nitrogens with one attached hydrogen (secondary N) is 1. The number of methoxy groups -OCH3 is 2. The topological polar surface area (TPSA) is 73.6 Å². The molecule has 0 spiro atoms. The Morgan fingerprint density at radius 3 is 2.59 bits per heavy atom. The van der Waals surface area contributed by atoms with E-state index < -0.39 is 0 Å². The molecule has 6 nitrogen and oxygen atoms in total. The number of aryl methyl sites for hydroxylation is 1. The highest BCUT2D eigenvalue weighted by molar-refractivity contribution is 6.06. The van der Waals surface area contributed by atoms with Gasteiger partial charge in [0, 0.05) is 12.0 Å². The van der Waals surface area contributed by atoms with Gasteiger partial charge in [-0.2, -0.15) is 0 Å². The highest BCUT2D eigenvalue weighted by atomic mass is 16.5. The molecule has 1 amide bonds. The predicted molar refractivity (Wildman–Crippen MR) is 82.8 cm³/mol. The van der Waals surface area contributed by atoms with E-state index in [4.69, 9.17) is 14.0 Å². The number of anilines is 1. The van der Waals surface area contributed by atoms with Crippen molar-refractivity contribution >= 4 is 11.6 Å². The third kappa shape index (κ3) is 3.05. The summed E-state index contributed by atoms with van der Waals surface area (Å²) in [5.41, 5.74) is 1.55. The van der Waals surface area contributed by atoms with Crippen LogP contribution in [0.1, 0.15) is 41.6 Å². The van der Waals surface area contributed by atoms with Crippen LogP contribution in [0.25, 0.3) is 0 Å². The Morgan fingerprint density at radius 2 is 2.00 bits per heavy atom. The Labute approximate surface area is 129 Å². The first-order valence-corrected chi connectivity index (χ1v) is 6.97. The van der Waals surface area contributed by atoms with Crippen LogP contribution < -0.4 is 14.8 Å². The van der Waals surface area contributed by atoms with Crippen LogP contribution in [0, 0.1) is 6.92 Å². The first kappa shape index (κ1) is 15.9. The molecule has 1 aromatic carbocycles. The van der Waals surface area contributed by atoms with Crippen molar-refractivity contribution in [1.82, 2.24) is 5.16 Å². The van der Waals surface area contributed by atoms with E-state index in [2.05, 4.69) is 10.5 Å². The van der Waals surface area contributed by atoms with Gasteiger partial charge in [-0.05, 0) is 19.1 Å². The van der Waals surface area contributed by atoms with Gasteiger partial charge >= 0.3 is 0 Å². The number of rotatable bonds is 5. The van der Waals surface area contributed by atoms with E-state index in [1.807, 2.05) is 13.8 Å². The highest BCUT2D eigenvalue weighted by Gasteiger charge is 2.23. The Hall–Kier alpha value is -2.50. The molecule has 0 aliphatic rings. The molecular formula is C16H20N2O4. The van der Waals surface area contributed by atoms with Crippen LogP contribution in [0.4, 0.5) is 5.69 Å². The number of carbonyl (C=O) groups is 1. The van der Waals surface area contributed by atoms with Crippen LogP contribution in [0.5, 0.6) is 11.5 Å². The van der Waals surface area contributed by atoms with E-state index in [0.29, 0.717) is 34.2 Å². The van der Waals surface area contributed by atoms with E-state index in [9.17, 15) is 4.79 Å². The average Bonchev–Trinajstić information content (AvgIpc) is 2.89. The fourth-order valence-electron chi connectivity index (χ4n) is 2.15. The van der Waals surface area contributed by atoms with Gasteiger partial charge in [0.15, 0.2) is 5.76 Å². The molecule has 0 bridgehead atoms. The maximum atomic E-state index is 12.6. The molecule has 2 rings (SSSR count). The second-order valence-electron chi connectivity index (χ2n) is 5.18. The van der Waals surface area contributed by atoms with E-state index in [-0.39, 0.29) is 11.8 Å². The molecule has 0 aliphatic carbocycles. The zero-order chi connectivity index (χ0) is 16.3. The van der Waals surface area contributed by atoms with Gasteiger partial charge in [-0.1, -0.05) is 19.0 Å². The number of amides is 1. The molecule has 0 saturated heterocycles. The monoisotopic (exact) mass is 304 g/mol. The van der Waals surface area contributed by atoms with E-state index >= 15 is 0 Å². The molecule has 0 fully saturated rings. The lowest BCUT2D eigenvalue weighted by molar-refractivity contribution is 0.102. The minimum Gasteiger partial charge on any atom is -0.497 e. The van der Waals surface area contributed by atoms with Gasteiger partial charge in [0.1, 0.15) is 17.1 Å². The molecule has 22 heavy (non-hydrogen) atoms. The fourth-order valence-corrected chi connectivity index (χ4v) is 2.15. The Kier molecular flexibility index (Phi) is 4.70. The van der Waals surface area contributed by atoms with Gasteiger partial charge in [-0.25, -0.2) is 0 Å². The molecular weight excluding hydrogens is 284 g/mol. The summed E-state index contributed by atoms with van der Waals surface area (Å²) in [4.78, 5) is 12.6. The fraction of sp³-hybridized carbons (Fsp3) is 0.375. The van der Waals surface area contributed by atoms with Gasteiger partial charge in [0.25, 0.3) is 5.91 Å². The molecule has 0 unspecified atom stereocenters. The predicted octanol–water partition coefficient (Wildman–Crippen LogP) is 3.38. The summed E-state index contributed by atoms with van der Waals surface area (Å²) < 4.78 is 15.7. The van der Waals surface area contributed by atoms with Gasteiger partial charge in [-0.3, -0.25) is 4.79 Å². The van der Waals surface area contributed by atoms with Crippen molar-refractivity contribution in [3.05, 3.63) is 35.2 Å². The van der Waals surface area contributed by atoms with E-state index in [1.165, 1.54) is 0 Å². The van der Waals surface area contributed by atoms with Gasteiger partial charge in [-0.15, -0.1) is 0 Å². The quantitative estimate of drug-likeness (QED) is 0.916. The molecule has 0 saturated carbocycles. The lowest BCUT2D eigenvalue weighted by atomic mass is 10.0. The molecule has 1 aromatic heterocycles. The summed E-state index contributed by atoms with van der Waals surface area (Å²) in [5.74, 6) is 1.52. The molecule has 0 atom stereocenters. The number of carbonyl (C=O) groups excluding carboxylic acids is 1. The minimum absolute atomic E-state index is 0.0640. The standard InChI is InChI=1S/C16H20N2O4/c1-9(2)15-14(10(3)18-22-15)16(19)17-12-8-11(20-4)6-7-13(12)21-5/h6-9H,1-5H3,(H,17,19). The maximum Gasteiger partial charge on any atom is 0.261 e. The lowest BCUT2D eigenvalue weighted by Crippen LogP contribution is -2.15. The summed E-state index contributed by atoms with van der Waals surface area (Å²) in [6, 6.07) is 5.20. The van der Waals surface area contributed by atoms with Gasteiger partial charge in [0.2, 0.25) is 0 Å². The molecule has 6 heteroatoms. The minimum atomic E-state index is -0.283. The smallest absolute Gasteiger partial charge is 0.261 e. The van der Waals surface area contributed by atoms with Crippen molar-refractivity contribution in [1.29, 1.82) is 0 Å². The van der Waals surface area contributed by atoms with Gasteiger partial charge in [0.05, 0.1) is 25.6 Å². The Bertz CT molecular complexity index is 677. The lowest BCUT2D eigenvalue weighted by Gasteiger charge is -2.12. The summed E-state index contributed by atoms with van der Waals surface area (Å²) in [7, 11) is 3.11. The van der Waals surface area contributed by atoms with Crippen LogP contribution in [0.15, 0.2) is 22.7 Å². The van der Waals surface area contributed by atoms with Crippen LogP contribution in [0.3, 0.4) is 0 Å². The molecule has 1 N–H and O–H groups in total. The summed E-state index contributed by atoms with van der Waals surface area (Å²) >= 11 is 0. The normalized spacial score (nSPS) is 10.6. The van der Waals surface area contributed by atoms with Crippen LogP contribution in [0.2, 0.25) is 0 Å². The summed E-state index contributed by atoms with van der Waals surface area (Å²) in [6.45, 7) is 5.64. The van der Waals surface area contributed by atoms with Crippen LogP contribution >= 0.6 is 0 Å². The number of nitrogens with zero attached hydrogens (tertiary/aromatic N) is 1. The molecule has 0 radical (unpaired) electrons. The number of hydrogen-bond donors (Lipinski definition) is 1. The van der Waals surface area contributed by atoms with Crippen molar-refractivity contribution in [2.45, 2.75) is 26.7 Å². The summed E-state index contributed by atoms with van der Waals surface area (Å²) in [5, 5.41) is 6.72. The van der Waals surface area contributed by atoms with E-state index in [0.717, 1.165) is 0 Å². The SMILES string of the molecule is COc1ccc(OC)c(NC(=O)c2c(C)noc2C(C)C)c1. The van der Waals surface area contributed by atoms with Crippen molar-refractivity contribution in [2.75, 3.05) is 19.5 Å². The Balaban J connectivity index is 2.35.